The highest BCUT2D eigenvalue weighted by Gasteiger charge is 2.20. The Morgan fingerprint density at radius 2 is 2.04 bits per heavy atom. The number of thioether (sulfide) groups is 1. The lowest BCUT2D eigenvalue weighted by Crippen LogP contribution is -2.33. The summed E-state index contributed by atoms with van der Waals surface area (Å²) in [6.07, 6.45) is 0.472. The van der Waals surface area contributed by atoms with Crippen LogP contribution in [0.4, 0.5) is 4.39 Å². The average Bonchev–Trinajstić information content (AvgIpc) is 3.24. The Morgan fingerprint density at radius 3 is 2.70 bits per heavy atom. The van der Waals surface area contributed by atoms with Gasteiger partial charge in [0.25, 0.3) is 5.22 Å². The lowest BCUT2D eigenvalue weighted by atomic mass is 10.1. The van der Waals surface area contributed by atoms with Crippen molar-refractivity contribution in [2.45, 2.75) is 43.7 Å². The Hall–Kier alpha value is -2.26. The first-order valence-electron chi connectivity index (χ1n) is 8.36. The van der Waals surface area contributed by atoms with Crippen LogP contribution in [0.15, 0.2) is 39.3 Å². The molecule has 0 bridgehead atoms. The molecular formula is C18H19FN4O2S2. The number of hydrogen-bond donors (Lipinski definition) is 1. The summed E-state index contributed by atoms with van der Waals surface area (Å²) >= 11 is 2.77. The van der Waals surface area contributed by atoms with E-state index < -0.39 is 5.25 Å². The third kappa shape index (κ3) is 5.36. The third-order valence-electron chi connectivity index (χ3n) is 3.82. The summed E-state index contributed by atoms with van der Waals surface area (Å²) in [5, 5.41) is 13.8. The molecule has 0 aliphatic carbocycles. The fourth-order valence-corrected chi connectivity index (χ4v) is 3.69. The van der Waals surface area contributed by atoms with E-state index in [1.165, 1.54) is 23.9 Å². The largest absolute Gasteiger partial charge is 0.416 e. The molecule has 3 aromatic rings. The van der Waals surface area contributed by atoms with Gasteiger partial charge in [-0.2, -0.15) is 0 Å². The first kappa shape index (κ1) is 19.5. The van der Waals surface area contributed by atoms with E-state index in [2.05, 4.69) is 20.5 Å². The van der Waals surface area contributed by atoms with Gasteiger partial charge in [-0.15, -0.1) is 21.5 Å². The minimum Gasteiger partial charge on any atom is -0.416 e. The maximum atomic E-state index is 13.0. The van der Waals surface area contributed by atoms with Gasteiger partial charge in [-0.3, -0.25) is 4.79 Å². The van der Waals surface area contributed by atoms with Gasteiger partial charge in [0.1, 0.15) is 5.82 Å². The molecule has 0 saturated carbocycles. The van der Waals surface area contributed by atoms with Crippen LogP contribution in [0.25, 0.3) is 0 Å². The van der Waals surface area contributed by atoms with Crippen molar-refractivity contribution in [3.05, 3.63) is 57.6 Å². The number of halogens is 1. The SMILES string of the molecule is Cc1nc(Cc2nnc(S[C@H](C)C(=O)N[C@H](C)c3ccc(F)cc3)o2)cs1. The van der Waals surface area contributed by atoms with Crippen molar-refractivity contribution in [1.82, 2.24) is 20.5 Å². The van der Waals surface area contributed by atoms with Crippen molar-refractivity contribution in [1.29, 1.82) is 0 Å². The van der Waals surface area contributed by atoms with Gasteiger partial charge >= 0.3 is 0 Å². The number of carbonyl (C=O) groups excluding carboxylic acids is 1. The summed E-state index contributed by atoms with van der Waals surface area (Å²) in [5.74, 6) is 0.00278. The summed E-state index contributed by atoms with van der Waals surface area (Å²) in [4.78, 5) is 16.8. The summed E-state index contributed by atoms with van der Waals surface area (Å²) in [5.41, 5.74) is 1.72. The van der Waals surface area contributed by atoms with Crippen LogP contribution < -0.4 is 5.32 Å². The molecule has 1 N–H and O–H groups in total. The second-order valence-corrected chi connectivity index (χ2v) is 8.39. The number of nitrogens with one attached hydrogen (secondary N) is 1. The predicted octanol–water partition coefficient (Wildman–Crippen LogP) is 3.92. The molecule has 0 radical (unpaired) electrons. The van der Waals surface area contributed by atoms with Crippen molar-refractivity contribution in [3.63, 3.8) is 0 Å². The number of aryl methyl sites for hydroxylation is 1. The molecule has 27 heavy (non-hydrogen) atoms. The topological polar surface area (TPSA) is 80.9 Å². The highest BCUT2D eigenvalue weighted by molar-refractivity contribution is 8.00. The molecule has 0 aliphatic rings. The van der Waals surface area contributed by atoms with E-state index in [4.69, 9.17) is 4.42 Å². The van der Waals surface area contributed by atoms with Crippen LogP contribution in [0.1, 0.15) is 42.0 Å². The Balaban J connectivity index is 1.54. The summed E-state index contributed by atoms with van der Waals surface area (Å²) in [7, 11) is 0. The summed E-state index contributed by atoms with van der Waals surface area (Å²) in [6, 6.07) is 5.83. The smallest absolute Gasteiger partial charge is 0.277 e. The highest BCUT2D eigenvalue weighted by Crippen LogP contribution is 2.24. The second-order valence-electron chi connectivity index (χ2n) is 6.04. The highest BCUT2D eigenvalue weighted by atomic mass is 32.2. The molecule has 2 aromatic heterocycles. The molecule has 1 aromatic carbocycles. The van der Waals surface area contributed by atoms with E-state index in [9.17, 15) is 9.18 Å². The number of nitrogens with zero attached hydrogens (tertiary/aromatic N) is 3. The van der Waals surface area contributed by atoms with E-state index in [1.54, 1.807) is 30.4 Å². The minimum absolute atomic E-state index is 0.160. The molecule has 3 rings (SSSR count). The molecule has 2 atom stereocenters. The van der Waals surface area contributed by atoms with E-state index in [1.807, 2.05) is 19.2 Å². The summed E-state index contributed by atoms with van der Waals surface area (Å²) in [6.45, 7) is 5.56. The number of benzene rings is 1. The maximum absolute atomic E-state index is 13.0. The van der Waals surface area contributed by atoms with Crippen molar-refractivity contribution >= 4 is 29.0 Å². The first-order valence-corrected chi connectivity index (χ1v) is 10.1. The lowest BCUT2D eigenvalue weighted by molar-refractivity contribution is -0.120. The molecule has 6 nitrogen and oxygen atoms in total. The number of amides is 1. The molecule has 2 heterocycles. The van der Waals surface area contributed by atoms with Crippen LogP contribution in [0.5, 0.6) is 0 Å². The molecule has 0 fully saturated rings. The molecule has 142 valence electrons. The Bertz CT molecular complexity index is 910. The molecule has 0 spiro atoms. The van der Waals surface area contributed by atoms with Gasteiger partial charge < -0.3 is 9.73 Å². The standard InChI is InChI=1S/C18H19FN4O2S2/c1-10(13-4-6-14(19)7-5-13)20-17(24)11(2)27-18-23-22-16(25-18)8-15-9-26-12(3)21-15/h4-7,9-11H,8H2,1-3H3,(H,20,24)/t10-,11-/m1/s1. The van der Waals surface area contributed by atoms with E-state index in [0.717, 1.165) is 16.3 Å². The molecular weight excluding hydrogens is 387 g/mol. The third-order valence-corrected chi connectivity index (χ3v) is 5.58. The average molecular weight is 407 g/mol. The van der Waals surface area contributed by atoms with Gasteiger partial charge in [0.05, 0.1) is 28.4 Å². The molecule has 1 amide bonds. The van der Waals surface area contributed by atoms with Gasteiger partial charge in [-0.05, 0) is 38.5 Å². The van der Waals surface area contributed by atoms with Crippen molar-refractivity contribution < 1.29 is 13.6 Å². The second kappa shape index (κ2) is 8.62. The van der Waals surface area contributed by atoms with Gasteiger partial charge in [0, 0.05) is 5.38 Å². The monoisotopic (exact) mass is 406 g/mol. The fourth-order valence-electron chi connectivity index (χ4n) is 2.37. The zero-order chi connectivity index (χ0) is 19.4. The number of thiazole rings is 1. The Labute approximate surface area is 164 Å². The van der Waals surface area contributed by atoms with E-state index in [0.29, 0.717) is 17.5 Å². The number of carbonyl (C=O) groups is 1. The Morgan fingerprint density at radius 1 is 1.30 bits per heavy atom. The van der Waals surface area contributed by atoms with Gasteiger partial charge in [0.2, 0.25) is 11.8 Å². The summed E-state index contributed by atoms with van der Waals surface area (Å²) < 4.78 is 18.6. The molecule has 0 saturated heterocycles. The van der Waals surface area contributed by atoms with Gasteiger partial charge in [-0.25, -0.2) is 9.37 Å². The maximum Gasteiger partial charge on any atom is 0.277 e. The Kier molecular flexibility index (Phi) is 6.22. The van der Waals surface area contributed by atoms with Crippen LogP contribution in [0.2, 0.25) is 0 Å². The van der Waals surface area contributed by atoms with Crippen LogP contribution >= 0.6 is 23.1 Å². The number of rotatable bonds is 7. The number of aromatic nitrogens is 3. The van der Waals surface area contributed by atoms with Crippen LogP contribution in [0, 0.1) is 12.7 Å². The van der Waals surface area contributed by atoms with Crippen molar-refractivity contribution in [3.8, 4) is 0 Å². The van der Waals surface area contributed by atoms with E-state index >= 15 is 0 Å². The zero-order valence-electron chi connectivity index (χ0n) is 15.1. The normalized spacial score (nSPS) is 13.3. The fraction of sp³-hybridized carbons (Fsp3) is 0.333. The van der Waals surface area contributed by atoms with Crippen LogP contribution in [-0.2, 0) is 11.2 Å². The van der Waals surface area contributed by atoms with Crippen molar-refractivity contribution in [2.75, 3.05) is 0 Å². The van der Waals surface area contributed by atoms with Gasteiger partial charge in [-0.1, -0.05) is 23.9 Å². The zero-order valence-corrected chi connectivity index (χ0v) is 16.7. The van der Waals surface area contributed by atoms with Crippen molar-refractivity contribution in [2.24, 2.45) is 0 Å². The molecule has 0 aliphatic heterocycles. The van der Waals surface area contributed by atoms with Gasteiger partial charge in [0.15, 0.2) is 0 Å². The van der Waals surface area contributed by atoms with Crippen LogP contribution in [-0.4, -0.2) is 26.3 Å². The molecule has 9 heteroatoms. The predicted molar refractivity (Wildman–Crippen MR) is 102 cm³/mol. The first-order chi connectivity index (χ1) is 12.9. The quantitative estimate of drug-likeness (QED) is 0.599. The van der Waals surface area contributed by atoms with E-state index in [-0.39, 0.29) is 17.8 Å². The lowest BCUT2D eigenvalue weighted by Gasteiger charge is -2.16. The minimum atomic E-state index is -0.414. The molecule has 0 unspecified atom stereocenters. The van der Waals surface area contributed by atoms with Crippen LogP contribution in [0.3, 0.4) is 0 Å². The number of hydrogen-bond acceptors (Lipinski definition) is 7.